The van der Waals surface area contributed by atoms with Crippen LogP contribution < -0.4 is 10.5 Å². The molecule has 17 heavy (non-hydrogen) atoms. The smallest absolute Gasteiger partial charge is 0.129 e. The van der Waals surface area contributed by atoms with E-state index in [-0.39, 0.29) is 5.60 Å². The van der Waals surface area contributed by atoms with Gasteiger partial charge in [0.1, 0.15) is 11.4 Å². The van der Waals surface area contributed by atoms with Crippen LogP contribution in [-0.2, 0) is 6.42 Å². The standard InChI is InChI=1S/C14H21NO2/c1-13(2)8-9-6-5-7-10(11(9)17-13)12(16)14(3,4)15/h5-7,12,16H,8,15H2,1-4H3. The van der Waals surface area contributed by atoms with Crippen molar-refractivity contribution >= 4 is 0 Å². The Hall–Kier alpha value is -1.06. The topological polar surface area (TPSA) is 55.5 Å². The average Bonchev–Trinajstić information content (AvgIpc) is 2.48. The van der Waals surface area contributed by atoms with Crippen molar-refractivity contribution in [3.63, 3.8) is 0 Å². The first kappa shape index (κ1) is 12.4. The van der Waals surface area contributed by atoms with Crippen LogP contribution in [0.2, 0.25) is 0 Å². The molecule has 3 N–H and O–H groups in total. The van der Waals surface area contributed by atoms with E-state index >= 15 is 0 Å². The third-order valence-corrected chi connectivity index (χ3v) is 3.12. The normalized spacial score (nSPS) is 19.6. The van der Waals surface area contributed by atoms with Crippen molar-refractivity contribution in [1.29, 1.82) is 0 Å². The third kappa shape index (κ3) is 2.31. The summed E-state index contributed by atoms with van der Waals surface area (Å²) < 4.78 is 5.93. The molecule has 0 saturated heterocycles. The number of benzene rings is 1. The monoisotopic (exact) mass is 235 g/mol. The van der Waals surface area contributed by atoms with Gasteiger partial charge in [-0.3, -0.25) is 0 Å². The number of para-hydroxylation sites is 1. The molecule has 1 heterocycles. The molecule has 3 heteroatoms. The van der Waals surface area contributed by atoms with Gasteiger partial charge in [0.15, 0.2) is 0 Å². The SMILES string of the molecule is CC1(C)Cc2cccc(C(O)C(C)(C)N)c2O1. The molecule has 0 amide bonds. The summed E-state index contributed by atoms with van der Waals surface area (Å²) in [6.45, 7) is 7.74. The van der Waals surface area contributed by atoms with Crippen molar-refractivity contribution in [2.45, 2.75) is 51.4 Å². The number of rotatable bonds is 2. The molecule has 3 nitrogen and oxygen atoms in total. The molecule has 2 rings (SSSR count). The highest BCUT2D eigenvalue weighted by Crippen LogP contribution is 2.41. The van der Waals surface area contributed by atoms with Crippen LogP contribution in [0.15, 0.2) is 18.2 Å². The number of nitrogens with two attached hydrogens (primary N) is 1. The number of hydrogen-bond acceptors (Lipinski definition) is 3. The highest BCUT2D eigenvalue weighted by Gasteiger charge is 2.35. The third-order valence-electron chi connectivity index (χ3n) is 3.12. The van der Waals surface area contributed by atoms with Crippen LogP contribution >= 0.6 is 0 Å². The fraction of sp³-hybridized carbons (Fsp3) is 0.571. The number of fused-ring (bicyclic) bond motifs is 1. The van der Waals surface area contributed by atoms with Gasteiger partial charge in [-0.25, -0.2) is 0 Å². The first-order valence-corrected chi connectivity index (χ1v) is 5.98. The molecule has 1 aliphatic rings. The van der Waals surface area contributed by atoms with E-state index in [1.54, 1.807) is 0 Å². The van der Waals surface area contributed by atoms with E-state index in [1.807, 2.05) is 32.0 Å². The van der Waals surface area contributed by atoms with Gasteiger partial charge in [0, 0.05) is 17.5 Å². The predicted molar refractivity (Wildman–Crippen MR) is 68.1 cm³/mol. The van der Waals surface area contributed by atoms with E-state index in [2.05, 4.69) is 13.8 Å². The molecule has 0 aliphatic carbocycles. The second-order valence-corrected chi connectivity index (χ2v) is 6.10. The average molecular weight is 235 g/mol. The number of hydrogen-bond donors (Lipinski definition) is 2. The van der Waals surface area contributed by atoms with Crippen molar-refractivity contribution in [3.8, 4) is 5.75 Å². The van der Waals surface area contributed by atoms with E-state index in [0.29, 0.717) is 0 Å². The second-order valence-electron chi connectivity index (χ2n) is 6.10. The lowest BCUT2D eigenvalue weighted by molar-refractivity contribution is 0.0917. The van der Waals surface area contributed by atoms with Gasteiger partial charge >= 0.3 is 0 Å². The first-order valence-electron chi connectivity index (χ1n) is 5.98. The number of ether oxygens (including phenoxy) is 1. The van der Waals surface area contributed by atoms with E-state index < -0.39 is 11.6 Å². The molecular weight excluding hydrogens is 214 g/mol. The zero-order valence-corrected chi connectivity index (χ0v) is 10.9. The minimum absolute atomic E-state index is 0.198. The van der Waals surface area contributed by atoms with Crippen LogP contribution in [0, 0.1) is 0 Å². The molecule has 0 fully saturated rings. The molecule has 94 valence electrons. The first-order chi connectivity index (χ1) is 7.71. The zero-order chi connectivity index (χ0) is 12.8. The van der Waals surface area contributed by atoms with Crippen LogP contribution in [-0.4, -0.2) is 16.2 Å². The van der Waals surface area contributed by atoms with Crippen molar-refractivity contribution in [1.82, 2.24) is 0 Å². The Labute approximate surface area is 103 Å². The van der Waals surface area contributed by atoms with Gasteiger partial charge in [-0.2, -0.15) is 0 Å². The molecule has 1 aromatic rings. The second kappa shape index (κ2) is 3.72. The van der Waals surface area contributed by atoms with Crippen LogP contribution in [0.1, 0.15) is 44.9 Å². The lowest BCUT2D eigenvalue weighted by Crippen LogP contribution is -2.39. The Morgan fingerprint density at radius 2 is 2.06 bits per heavy atom. The summed E-state index contributed by atoms with van der Waals surface area (Å²) in [5, 5.41) is 10.3. The molecule has 1 atom stereocenters. The van der Waals surface area contributed by atoms with Crippen molar-refractivity contribution in [2.24, 2.45) is 5.73 Å². The van der Waals surface area contributed by atoms with Crippen molar-refractivity contribution in [2.75, 3.05) is 0 Å². The fourth-order valence-corrected chi connectivity index (χ4v) is 2.26. The fourth-order valence-electron chi connectivity index (χ4n) is 2.26. The Bertz CT molecular complexity index is 432. The lowest BCUT2D eigenvalue weighted by Gasteiger charge is -2.28. The van der Waals surface area contributed by atoms with Crippen LogP contribution in [0.4, 0.5) is 0 Å². The highest BCUT2D eigenvalue weighted by molar-refractivity contribution is 5.47. The predicted octanol–water partition coefficient (Wildman–Crippen LogP) is 2.17. The van der Waals surface area contributed by atoms with E-state index in [4.69, 9.17) is 10.5 Å². The number of aliphatic hydroxyl groups excluding tert-OH is 1. The van der Waals surface area contributed by atoms with Crippen molar-refractivity contribution in [3.05, 3.63) is 29.3 Å². The summed E-state index contributed by atoms with van der Waals surface area (Å²) in [6, 6.07) is 5.89. The van der Waals surface area contributed by atoms with Crippen LogP contribution in [0.5, 0.6) is 5.75 Å². The molecule has 0 spiro atoms. The molecule has 0 saturated carbocycles. The lowest BCUT2D eigenvalue weighted by atomic mass is 9.90. The van der Waals surface area contributed by atoms with E-state index in [1.165, 1.54) is 0 Å². The number of aliphatic hydroxyl groups is 1. The molecule has 1 unspecified atom stereocenters. The molecule has 1 aliphatic heterocycles. The van der Waals surface area contributed by atoms with Crippen LogP contribution in [0.3, 0.4) is 0 Å². The quantitative estimate of drug-likeness (QED) is 0.826. The maximum atomic E-state index is 10.3. The van der Waals surface area contributed by atoms with Gasteiger partial charge < -0.3 is 15.6 Å². The molecular formula is C14H21NO2. The van der Waals surface area contributed by atoms with Crippen LogP contribution in [0.25, 0.3) is 0 Å². The zero-order valence-electron chi connectivity index (χ0n) is 10.9. The minimum Gasteiger partial charge on any atom is -0.487 e. The Morgan fingerprint density at radius 3 is 2.65 bits per heavy atom. The summed E-state index contributed by atoms with van der Waals surface area (Å²) >= 11 is 0. The van der Waals surface area contributed by atoms with Crippen molar-refractivity contribution < 1.29 is 9.84 Å². The maximum Gasteiger partial charge on any atom is 0.129 e. The van der Waals surface area contributed by atoms with Gasteiger partial charge in [-0.15, -0.1) is 0 Å². The van der Waals surface area contributed by atoms with Gasteiger partial charge in [-0.05, 0) is 33.3 Å². The summed E-state index contributed by atoms with van der Waals surface area (Å²) in [5.74, 6) is 0.809. The minimum atomic E-state index is -0.716. The summed E-state index contributed by atoms with van der Waals surface area (Å²) in [4.78, 5) is 0. The van der Waals surface area contributed by atoms with Gasteiger partial charge in [0.2, 0.25) is 0 Å². The summed E-state index contributed by atoms with van der Waals surface area (Å²) in [6.07, 6.45) is 0.153. The maximum absolute atomic E-state index is 10.3. The van der Waals surface area contributed by atoms with Gasteiger partial charge in [0.05, 0.1) is 6.10 Å². The molecule has 0 aromatic heterocycles. The molecule has 0 bridgehead atoms. The van der Waals surface area contributed by atoms with Gasteiger partial charge in [0.25, 0.3) is 0 Å². The summed E-state index contributed by atoms with van der Waals surface area (Å²) in [7, 11) is 0. The Morgan fingerprint density at radius 1 is 1.41 bits per heavy atom. The van der Waals surface area contributed by atoms with E-state index in [0.717, 1.165) is 23.3 Å². The highest BCUT2D eigenvalue weighted by atomic mass is 16.5. The van der Waals surface area contributed by atoms with E-state index in [9.17, 15) is 5.11 Å². The van der Waals surface area contributed by atoms with Gasteiger partial charge in [-0.1, -0.05) is 18.2 Å². The summed E-state index contributed by atoms with van der Waals surface area (Å²) in [5.41, 5.74) is 7.04. The molecule has 0 radical (unpaired) electrons. The Kier molecular flexibility index (Phi) is 2.71. The largest absolute Gasteiger partial charge is 0.487 e. The molecule has 1 aromatic carbocycles. The Balaban J connectivity index is 2.43.